The molecule has 2 atom stereocenters. The molecule has 2 N–H and O–H groups in total. The topological polar surface area (TPSA) is 32.3 Å². The Morgan fingerprint density at radius 2 is 2.11 bits per heavy atom. The van der Waals surface area contributed by atoms with Crippen molar-refractivity contribution >= 4 is 28.3 Å². The minimum atomic E-state index is -3.15. The zero-order chi connectivity index (χ0) is 12.6. The number of aliphatic hydroxyl groups is 1. The molecule has 2 unspecified atom stereocenters. The van der Waals surface area contributed by atoms with E-state index in [1.807, 2.05) is 0 Å². The third-order valence-electron chi connectivity index (χ3n) is 2.89. The molecule has 0 radical (unpaired) electrons. The van der Waals surface area contributed by atoms with Crippen LogP contribution in [0.15, 0.2) is 22.7 Å². The molecule has 1 aliphatic heterocycles. The smallest absolute Gasteiger partial charge is 0.287 e. The van der Waals surface area contributed by atoms with Crippen molar-refractivity contribution in [2.45, 2.75) is 24.5 Å². The van der Waals surface area contributed by atoms with E-state index in [1.54, 1.807) is 6.07 Å². The van der Waals surface area contributed by atoms with Crippen molar-refractivity contribution in [1.82, 2.24) is 5.32 Å². The molecule has 1 aromatic carbocycles. The molecular weight excluding hydrogens is 334 g/mol. The zero-order valence-electron chi connectivity index (χ0n) is 9.17. The Morgan fingerprint density at radius 3 is 2.67 bits per heavy atom. The first kappa shape index (κ1) is 15.8. The molecule has 0 aliphatic carbocycles. The standard InChI is InChI=1S/C11H11BrF3NO.ClH/c12-7-3-1-2-6(9(7)13)4-8-10(17)11(14,15)5-16-8;/h1-3,8,10,16-17H,4-5H2;1H. The molecule has 1 saturated heterocycles. The fourth-order valence-electron chi connectivity index (χ4n) is 1.90. The molecule has 1 fully saturated rings. The molecule has 0 bridgehead atoms. The van der Waals surface area contributed by atoms with Crippen molar-refractivity contribution in [3.8, 4) is 0 Å². The molecule has 1 aromatic rings. The fourth-order valence-corrected chi connectivity index (χ4v) is 2.31. The molecule has 1 aliphatic rings. The summed E-state index contributed by atoms with van der Waals surface area (Å²) in [6.45, 7) is -0.575. The Labute approximate surface area is 117 Å². The fraction of sp³-hybridized carbons (Fsp3) is 0.455. The summed E-state index contributed by atoms with van der Waals surface area (Å²) in [6, 6.07) is 3.85. The average molecular weight is 347 g/mol. The van der Waals surface area contributed by atoms with Crippen LogP contribution in [-0.4, -0.2) is 29.7 Å². The van der Waals surface area contributed by atoms with Crippen LogP contribution in [0, 0.1) is 5.82 Å². The van der Waals surface area contributed by atoms with E-state index in [9.17, 15) is 18.3 Å². The lowest BCUT2D eigenvalue weighted by Gasteiger charge is -2.18. The number of nitrogens with one attached hydrogen (secondary N) is 1. The van der Waals surface area contributed by atoms with Gasteiger partial charge >= 0.3 is 0 Å². The van der Waals surface area contributed by atoms with E-state index in [-0.39, 0.29) is 23.3 Å². The van der Waals surface area contributed by atoms with E-state index in [4.69, 9.17) is 0 Å². The number of alkyl halides is 2. The van der Waals surface area contributed by atoms with Crippen LogP contribution in [0.4, 0.5) is 13.2 Å². The first-order valence-electron chi connectivity index (χ1n) is 5.14. The maximum absolute atomic E-state index is 13.6. The first-order valence-corrected chi connectivity index (χ1v) is 5.93. The van der Waals surface area contributed by atoms with E-state index < -0.39 is 30.4 Å². The molecule has 0 spiro atoms. The van der Waals surface area contributed by atoms with Gasteiger partial charge in [-0.05, 0) is 34.0 Å². The van der Waals surface area contributed by atoms with Gasteiger partial charge < -0.3 is 10.4 Å². The quantitative estimate of drug-likeness (QED) is 0.862. The summed E-state index contributed by atoms with van der Waals surface area (Å²) in [5.41, 5.74) is 0.300. The predicted molar refractivity (Wildman–Crippen MR) is 67.8 cm³/mol. The van der Waals surface area contributed by atoms with Crippen molar-refractivity contribution < 1.29 is 18.3 Å². The molecule has 18 heavy (non-hydrogen) atoms. The average Bonchev–Trinajstić information content (AvgIpc) is 2.52. The second-order valence-corrected chi connectivity index (χ2v) is 4.96. The zero-order valence-corrected chi connectivity index (χ0v) is 11.6. The van der Waals surface area contributed by atoms with E-state index in [0.29, 0.717) is 5.56 Å². The summed E-state index contributed by atoms with van der Waals surface area (Å²) in [6.07, 6.45) is -1.75. The van der Waals surface area contributed by atoms with Gasteiger partial charge in [-0.3, -0.25) is 0 Å². The van der Waals surface area contributed by atoms with Gasteiger partial charge in [0.05, 0.1) is 11.0 Å². The third kappa shape index (κ3) is 2.99. The largest absolute Gasteiger partial charge is 0.385 e. The second-order valence-electron chi connectivity index (χ2n) is 4.11. The minimum absolute atomic E-state index is 0. The van der Waals surface area contributed by atoms with Gasteiger partial charge in [-0.25, -0.2) is 13.2 Å². The minimum Gasteiger partial charge on any atom is -0.385 e. The monoisotopic (exact) mass is 345 g/mol. The summed E-state index contributed by atoms with van der Waals surface area (Å²) >= 11 is 3.03. The second kappa shape index (κ2) is 5.77. The van der Waals surface area contributed by atoms with Crippen LogP contribution < -0.4 is 5.32 Å². The highest BCUT2D eigenvalue weighted by Gasteiger charge is 2.49. The van der Waals surface area contributed by atoms with Crippen LogP contribution >= 0.6 is 28.3 Å². The van der Waals surface area contributed by atoms with Gasteiger partial charge in [-0.2, -0.15) is 0 Å². The number of aliphatic hydroxyl groups excluding tert-OH is 1. The van der Waals surface area contributed by atoms with Crippen LogP contribution in [-0.2, 0) is 6.42 Å². The number of halogens is 5. The van der Waals surface area contributed by atoms with Gasteiger partial charge in [-0.15, -0.1) is 12.4 Å². The van der Waals surface area contributed by atoms with Crippen LogP contribution in [0.2, 0.25) is 0 Å². The molecule has 2 rings (SSSR count). The summed E-state index contributed by atoms with van der Waals surface area (Å²) < 4.78 is 40.0. The summed E-state index contributed by atoms with van der Waals surface area (Å²) in [4.78, 5) is 0. The SMILES string of the molecule is Cl.OC1C(Cc2cccc(Br)c2F)NCC1(F)F. The Balaban J connectivity index is 0.00000162. The lowest BCUT2D eigenvalue weighted by molar-refractivity contribution is -0.0805. The summed E-state index contributed by atoms with van der Waals surface area (Å²) in [5.74, 6) is -3.62. The van der Waals surface area contributed by atoms with Gasteiger partial charge in [0.1, 0.15) is 11.9 Å². The highest BCUT2D eigenvalue weighted by molar-refractivity contribution is 9.10. The molecule has 2 nitrogen and oxygen atoms in total. The van der Waals surface area contributed by atoms with Crippen molar-refractivity contribution in [1.29, 1.82) is 0 Å². The van der Waals surface area contributed by atoms with Crippen molar-refractivity contribution in [3.63, 3.8) is 0 Å². The van der Waals surface area contributed by atoms with Crippen LogP contribution in [0.25, 0.3) is 0 Å². The summed E-state index contributed by atoms with van der Waals surface area (Å²) in [7, 11) is 0. The van der Waals surface area contributed by atoms with E-state index in [2.05, 4.69) is 21.2 Å². The van der Waals surface area contributed by atoms with Crippen molar-refractivity contribution in [2.24, 2.45) is 0 Å². The van der Waals surface area contributed by atoms with Gasteiger partial charge in [0.25, 0.3) is 5.92 Å². The lowest BCUT2D eigenvalue weighted by atomic mass is 10.0. The van der Waals surface area contributed by atoms with Crippen molar-refractivity contribution in [3.05, 3.63) is 34.1 Å². The lowest BCUT2D eigenvalue weighted by Crippen LogP contribution is -2.38. The number of rotatable bonds is 2. The summed E-state index contributed by atoms with van der Waals surface area (Å²) in [5, 5.41) is 11.9. The molecule has 1 heterocycles. The first-order chi connectivity index (χ1) is 7.92. The van der Waals surface area contributed by atoms with Gasteiger partial charge in [0, 0.05) is 6.04 Å². The van der Waals surface area contributed by atoms with E-state index in [0.717, 1.165) is 0 Å². The van der Waals surface area contributed by atoms with E-state index in [1.165, 1.54) is 12.1 Å². The highest BCUT2D eigenvalue weighted by atomic mass is 79.9. The van der Waals surface area contributed by atoms with Crippen molar-refractivity contribution in [2.75, 3.05) is 6.54 Å². The van der Waals surface area contributed by atoms with Gasteiger partial charge in [0.2, 0.25) is 0 Å². The Hall–Kier alpha value is -0.300. The van der Waals surface area contributed by atoms with Crippen LogP contribution in [0.3, 0.4) is 0 Å². The molecule has 0 amide bonds. The van der Waals surface area contributed by atoms with E-state index >= 15 is 0 Å². The molecular formula is C11H12BrClF3NO. The van der Waals surface area contributed by atoms with Gasteiger partial charge in [0.15, 0.2) is 0 Å². The number of hydrogen-bond acceptors (Lipinski definition) is 2. The molecule has 7 heteroatoms. The van der Waals surface area contributed by atoms with Crippen LogP contribution in [0.1, 0.15) is 5.56 Å². The Bertz CT molecular complexity index is 433. The number of benzene rings is 1. The van der Waals surface area contributed by atoms with Crippen LogP contribution in [0.5, 0.6) is 0 Å². The predicted octanol–water partition coefficient (Wildman–Crippen LogP) is 2.52. The van der Waals surface area contributed by atoms with Gasteiger partial charge in [-0.1, -0.05) is 12.1 Å². The maximum atomic E-state index is 13.6. The molecule has 102 valence electrons. The number of hydrogen-bond donors (Lipinski definition) is 2. The Kier molecular flexibility index (Phi) is 5.05. The maximum Gasteiger partial charge on any atom is 0.287 e. The highest BCUT2D eigenvalue weighted by Crippen LogP contribution is 2.29. The molecule has 0 saturated carbocycles. The third-order valence-corrected chi connectivity index (χ3v) is 3.50. The molecule has 0 aromatic heterocycles. The Morgan fingerprint density at radius 1 is 1.44 bits per heavy atom. The normalized spacial score (nSPS) is 25.8.